The molecule has 0 aliphatic rings. The standard InChI is InChI=1S/C8H10.C7H13N/c1-7-5-3-4-6-8(7)2;1-2-3-4-5-6-7-8/h3-6H,1-2H3;2-3,6-8H2,1H3. The summed E-state index contributed by atoms with van der Waals surface area (Å²) in [5, 5.41) is 0. The average molecular weight is 217 g/mol. The number of hydrogen-bond acceptors (Lipinski definition) is 1. The Balaban J connectivity index is 0.000000281. The smallest absolute Gasteiger partial charge is 0.0212 e. The highest BCUT2D eigenvalue weighted by Crippen LogP contribution is 2.02. The zero-order valence-corrected chi connectivity index (χ0v) is 10.7. The highest BCUT2D eigenvalue weighted by atomic mass is 14.5. The third kappa shape index (κ3) is 8.08. The molecule has 0 fully saturated rings. The Labute approximate surface area is 100 Å². The summed E-state index contributed by atoms with van der Waals surface area (Å²) in [5.74, 6) is 5.97. The van der Waals surface area contributed by atoms with Gasteiger partial charge in [-0.15, -0.1) is 11.8 Å². The Hall–Kier alpha value is -1.26. The van der Waals surface area contributed by atoms with E-state index in [1.807, 2.05) is 0 Å². The molecule has 0 atom stereocenters. The maximum atomic E-state index is 5.21. The Morgan fingerprint density at radius 1 is 1.00 bits per heavy atom. The highest BCUT2D eigenvalue weighted by molar-refractivity contribution is 5.23. The summed E-state index contributed by atoms with van der Waals surface area (Å²) in [6.45, 7) is 7.05. The van der Waals surface area contributed by atoms with E-state index in [9.17, 15) is 0 Å². The summed E-state index contributed by atoms with van der Waals surface area (Å²) in [6, 6.07) is 8.36. The van der Waals surface area contributed by atoms with E-state index in [0.29, 0.717) is 6.54 Å². The van der Waals surface area contributed by atoms with Gasteiger partial charge in [-0.05, 0) is 31.4 Å². The van der Waals surface area contributed by atoms with Crippen LogP contribution >= 0.6 is 0 Å². The summed E-state index contributed by atoms with van der Waals surface area (Å²) >= 11 is 0. The molecule has 0 bridgehead atoms. The number of rotatable bonds is 2. The molecule has 0 amide bonds. The van der Waals surface area contributed by atoms with Gasteiger partial charge in [-0.25, -0.2) is 0 Å². The lowest BCUT2D eigenvalue weighted by Gasteiger charge is -1.93. The highest BCUT2D eigenvalue weighted by Gasteiger charge is 1.83. The molecule has 2 N–H and O–H groups in total. The van der Waals surface area contributed by atoms with Gasteiger partial charge in [0.25, 0.3) is 0 Å². The average Bonchev–Trinajstić information content (AvgIpc) is 2.30. The Morgan fingerprint density at radius 2 is 1.50 bits per heavy atom. The minimum absolute atomic E-state index is 0.691. The topological polar surface area (TPSA) is 26.0 Å². The van der Waals surface area contributed by atoms with Crippen molar-refractivity contribution in [3.63, 3.8) is 0 Å². The van der Waals surface area contributed by atoms with Gasteiger partial charge in [0.1, 0.15) is 0 Å². The molecule has 1 rings (SSSR count). The van der Waals surface area contributed by atoms with Crippen molar-refractivity contribution in [2.75, 3.05) is 6.54 Å². The number of nitrogens with two attached hydrogens (primary N) is 1. The first-order valence-corrected chi connectivity index (χ1v) is 5.90. The number of unbranched alkanes of at least 4 members (excludes halogenated alkanes) is 1. The van der Waals surface area contributed by atoms with Gasteiger partial charge < -0.3 is 5.73 Å². The summed E-state index contributed by atoms with van der Waals surface area (Å²) < 4.78 is 0. The summed E-state index contributed by atoms with van der Waals surface area (Å²) in [7, 11) is 0. The number of benzene rings is 1. The predicted molar refractivity (Wildman–Crippen MR) is 72.3 cm³/mol. The van der Waals surface area contributed by atoms with Crippen LogP contribution in [0.1, 0.15) is 37.3 Å². The van der Waals surface area contributed by atoms with E-state index in [2.05, 4.69) is 56.9 Å². The summed E-state index contributed by atoms with van der Waals surface area (Å²) in [6.07, 6.45) is 3.01. The minimum atomic E-state index is 0.691. The third-order valence-electron chi connectivity index (χ3n) is 2.19. The molecule has 0 radical (unpaired) electrons. The molecular weight excluding hydrogens is 194 g/mol. The summed E-state index contributed by atoms with van der Waals surface area (Å²) in [4.78, 5) is 0. The van der Waals surface area contributed by atoms with Crippen molar-refractivity contribution >= 4 is 0 Å². The molecule has 0 unspecified atom stereocenters. The van der Waals surface area contributed by atoms with Crippen LogP contribution in [0.2, 0.25) is 0 Å². The maximum absolute atomic E-state index is 5.21. The molecule has 0 aromatic heterocycles. The fourth-order valence-electron chi connectivity index (χ4n) is 1.04. The minimum Gasteiger partial charge on any atom is -0.330 e. The van der Waals surface area contributed by atoms with Gasteiger partial charge in [0, 0.05) is 19.4 Å². The van der Waals surface area contributed by atoms with Crippen LogP contribution in [0.3, 0.4) is 0 Å². The van der Waals surface area contributed by atoms with Crippen LogP contribution in [0.5, 0.6) is 0 Å². The SMILES string of the molecule is CCCC#CCCN.Cc1ccccc1C. The van der Waals surface area contributed by atoms with Gasteiger partial charge in [-0.3, -0.25) is 0 Å². The lowest BCUT2D eigenvalue weighted by molar-refractivity contribution is 0.975. The van der Waals surface area contributed by atoms with Crippen molar-refractivity contribution in [1.29, 1.82) is 0 Å². The van der Waals surface area contributed by atoms with E-state index < -0.39 is 0 Å². The molecule has 1 nitrogen and oxygen atoms in total. The molecule has 0 saturated heterocycles. The fraction of sp³-hybridized carbons (Fsp3) is 0.467. The zero-order valence-electron chi connectivity index (χ0n) is 10.7. The normalized spacial score (nSPS) is 8.50. The quantitative estimate of drug-likeness (QED) is 0.754. The molecule has 0 spiro atoms. The van der Waals surface area contributed by atoms with E-state index in [-0.39, 0.29) is 0 Å². The largest absolute Gasteiger partial charge is 0.330 e. The number of aryl methyl sites for hydroxylation is 2. The maximum Gasteiger partial charge on any atom is 0.0212 e. The molecule has 0 aliphatic heterocycles. The molecule has 0 saturated carbocycles. The van der Waals surface area contributed by atoms with Crippen LogP contribution in [-0.4, -0.2) is 6.54 Å². The van der Waals surface area contributed by atoms with Gasteiger partial charge in [0.15, 0.2) is 0 Å². The molecule has 1 aromatic carbocycles. The van der Waals surface area contributed by atoms with Crippen molar-refractivity contribution in [1.82, 2.24) is 0 Å². The number of hydrogen-bond donors (Lipinski definition) is 1. The van der Waals surface area contributed by atoms with Gasteiger partial charge in [-0.2, -0.15) is 0 Å². The molecular formula is C15H23N. The molecule has 88 valence electrons. The van der Waals surface area contributed by atoms with Crippen LogP contribution in [0, 0.1) is 25.7 Å². The van der Waals surface area contributed by atoms with E-state index in [4.69, 9.17) is 5.73 Å². The van der Waals surface area contributed by atoms with E-state index in [1.54, 1.807) is 0 Å². The lowest BCUT2D eigenvalue weighted by Crippen LogP contribution is -1.95. The van der Waals surface area contributed by atoms with Crippen LogP contribution in [0.4, 0.5) is 0 Å². The predicted octanol–water partition coefficient (Wildman–Crippen LogP) is 3.44. The monoisotopic (exact) mass is 217 g/mol. The van der Waals surface area contributed by atoms with Gasteiger partial charge in [0.2, 0.25) is 0 Å². The molecule has 0 aliphatic carbocycles. The third-order valence-corrected chi connectivity index (χ3v) is 2.19. The molecule has 1 aromatic rings. The van der Waals surface area contributed by atoms with Crippen LogP contribution in [-0.2, 0) is 0 Å². The van der Waals surface area contributed by atoms with Gasteiger partial charge in [0.05, 0.1) is 0 Å². The van der Waals surface area contributed by atoms with Crippen molar-refractivity contribution in [3.05, 3.63) is 35.4 Å². The molecule has 1 heteroatoms. The molecule has 0 heterocycles. The second-order valence-corrected chi connectivity index (χ2v) is 3.73. The Morgan fingerprint density at radius 3 is 1.88 bits per heavy atom. The lowest BCUT2D eigenvalue weighted by atomic mass is 10.1. The van der Waals surface area contributed by atoms with Crippen molar-refractivity contribution in [2.24, 2.45) is 5.73 Å². The Kier molecular flexibility index (Phi) is 9.46. The molecule has 16 heavy (non-hydrogen) atoms. The first-order chi connectivity index (χ1) is 7.72. The van der Waals surface area contributed by atoms with Crippen LogP contribution in [0.15, 0.2) is 24.3 Å². The van der Waals surface area contributed by atoms with E-state index in [0.717, 1.165) is 19.3 Å². The summed E-state index contributed by atoms with van der Waals surface area (Å²) in [5.41, 5.74) is 7.94. The second kappa shape index (κ2) is 10.3. The first-order valence-electron chi connectivity index (χ1n) is 5.90. The first kappa shape index (κ1) is 14.7. The van der Waals surface area contributed by atoms with Crippen LogP contribution < -0.4 is 5.73 Å². The van der Waals surface area contributed by atoms with E-state index in [1.165, 1.54) is 11.1 Å². The zero-order chi connectivity index (χ0) is 12.2. The van der Waals surface area contributed by atoms with Crippen molar-refractivity contribution in [3.8, 4) is 11.8 Å². The fourth-order valence-corrected chi connectivity index (χ4v) is 1.04. The van der Waals surface area contributed by atoms with Crippen LogP contribution in [0.25, 0.3) is 0 Å². The Bertz CT molecular complexity index is 300. The van der Waals surface area contributed by atoms with Gasteiger partial charge in [-0.1, -0.05) is 31.2 Å². The van der Waals surface area contributed by atoms with E-state index >= 15 is 0 Å². The van der Waals surface area contributed by atoms with Gasteiger partial charge >= 0.3 is 0 Å². The van der Waals surface area contributed by atoms with Crippen molar-refractivity contribution < 1.29 is 0 Å². The van der Waals surface area contributed by atoms with Crippen molar-refractivity contribution in [2.45, 2.75) is 40.0 Å². The second-order valence-electron chi connectivity index (χ2n) is 3.73.